The van der Waals surface area contributed by atoms with Crippen molar-refractivity contribution >= 4 is 10.8 Å². The van der Waals surface area contributed by atoms with Crippen LogP contribution >= 0.6 is 0 Å². The number of ether oxygens (including phenoxy) is 1. The van der Waals surface area contributed by atoms with Gasteiger partial charge in [0.1, 0.15) is 0 Å². The van der Waals surface area contributed by atoms with Crippen molar-refractivity contribution in [2.24, 2.45) is 0 Å². The second-order valence-corrected chi connectivity index (χ2v) is 6.15. The molecule has 0 aliphatic heterocycles. The van der Waals surface area contributed by atoms with Gasteiger partial charge in [-0.3, -0.25) is 4.21 Å². The highest BCUT2D eigenvalue weighted by molar-refractivity contribution is 7.84. The molecule has 0 aromatic heterocycles. The van der Waals surface area contributed by atoms with Gasteiger partial charge in [0.15, 0.2) is 0 Å². The second kappa shape index (κ2) is 8.40. The molecule has 1 rings (SSSR count). The Balaban J connectivity index is 2.31. The highest BCUT2D eigenvalue weighted by atomic mass is 32.2. The highest BCUT2D eigenvalue weighted by Crippen LogP contribution is 2.06. The first-order valence-corrected chi connectivity index (χ1v) is 7.94. The number of benzene rings is 1. The third-order valence-corrected chi connectivity index (χ3v) is 3.64. The highest BCUT2D eigenvalue weighted by Gasteiger charge is 2.03. The van der Waals surface area contributed by atoms with Crippen LogP contribution in [0.25, 0.3) is 0 Å². The summed E-state index contributed by atoms with van der Waals surface area (Å²) in [5, 5.41) is 3.44. The summed E-state index contributed by atoms with van der Waals surface area (Å²) < 4.78 is 16.1. The average Bonchev–Trinajstić information content (AvgIpc) is 2.36. The van der Waals surface area contributed by atoms with Crippen LogP contribution in [0.1, 0.15) is 24.5 Å². The van der Waals surface area contributed by atoms with Crippen molar-refractivity contribution < 1.29 is 8.95 Å². The first-order chi connectivity index (χ1) is 8.61. The van der Waals surface area contributed by atoms with Crippen LogP contribution in [0.4, 0.5) is 0 Å². The minimum Gasteiger partial charge on any atom is -0.380 e. The summed E-state index contributed by atoms with van der Waals surface area (Å²) in [7, 11) is 1.01. The third-order valence-electron chi connectivity index (χ3n) is 2.83. The second-order valence-electron chi connectivity index (χ2n) is 4.60. The Morgan fingerprint density at radius 3 is 2.44 bits per heavy atom. The lowest BCUT2D eigenvalue weighted by Gasteiger charge is -2.13. The standard InChI is InChI=1S/C14H23NO2S/c1-12(8-9-18(3)16)15-10-13-4-6-14(7-5-13)11-17-2/h4-7,12,15H,8-11H2,1-3H3. The Morgan fingerprint density at radius 2 is 1.89 bits per heavy atom. The number of methoxy groups -OCH3 is 1. The molecule has 0 heterocycles. The molecule has 0 radical (unpaired) electrons. The van der Waals surface area contributed by atoms with Crippen LogP contribution in [0.3, 0.4) is 0 Å². The van der Waals surface area contributed by atoms with E-state index in [1.54, 1.807) is 13.4 Å². The van der Waals surface area contributed by atoms with Crippen LogP contribution in [0.15, 0.2) is 24.3 Å². The quantitative estimate of drug-likeness (QED) is 0.785. The zero-order valence-electron chi connectivity index (χ0n) is 11.4. The minimum absolute atomic E-state index is 0.396. The summed E-state index contributed by atoms with van der Waals surface area (Å²) in [6, 6.07) is 8.81. The molecule has 1 N–H and O–H groups in total. The Labute approximate surface area is 112 Å². The Hall–Kier alpha value is -0.710. The molecule has 0 amide bonds. The van der Waals surface area contributed by atoms with Crippen LogP contribution in [0.2, 0.25) is 0 Å². The van der Waals surface area contributed by atoms with Crippen LogP contribution < -0.4 is 5.32 Å². The Morgan fingerprint density at radius 1 is 1.28 bits per heavy atom. The van der Waals surface area contributed by atoms with Gasteiger partial charge in [0.25, 0.3) is 0 Å². The topological polar surface area (TPSA) is 38.3 Å². The lowest BCUT2D eigenvalue weighted by atomic mass is 10.1. The van der Waals surface area contributed by atoms with Crippen molar-refractivity contribution in [3.8, 4) is 0 Å². The van der Waals surface area contributed by atoms with Crippen molar-refractivity contribution in [2.45, 2.75) is 32.5 Å². The summed E-state index contributed by atoms with van der Waals surface area (Å²) in [4.78, 5) is 0. The monoisotopic (exact) mass is 269 g/mol. The van der Waals surface area contributed by atoms with Crippen molar-refractivity contribution in [3.05, 3.63) is 35.4 Å². The molecule has 3 nitrogen and oxygen atoms in total. The van der Waals surface area contributed by atoms with Crippen molar-refractivity contribution in [3.63, 3.8) is 0 Å². The predicted molar refractivity (Wildman–Crippen MR) is 77.0 cm³/mol. The molecule has 0 aliphatic carbocycles. The van der Waals surface area contributed by atoms with Crippen LogP contribution in [-0.4, -0.2) is 29.4 Å². The van der Waals surface area contributed by atoms with Gasteiger partial charge in [-0.2, -0.15) is 0 Å². The normalized spacial score (nSPS) is 14.4. The zero-order chi connectivity index (χ0) is 13.4. The van der Waals surface area contributed by atoms with Gasteiger partial charge < -0.3 is 10.1 Å². The fraction of sp³-hybridized carbons (Fsp3) is 0.571. The lowest BCUT2D eigenvalue weighted by molar-refractivity contribution is 0.185. The van der Waals surface area contributed by atoms with E-state index in [-0.39, 0.29) is 0 Å². The number of hydrogen-bond donors (Lipinski definition) is 1. The maximum atomic E-state index is 11.0. The van der Waals surface area contributed by atoms with Gasteiger partial charge >= 0.3 is 0 Å². The van der Waals surface area contributed by atoms with E-state index in [0.717, 1.165) is 18.7 Å². The van der Waals surface area contributed by atoms with Crippen molar-refractivity contribution in [1.29, 1.82) is 0 Å². The van der Waals surface area contributed by atoms with E-state index in [4.69, 9.17) is 4.74 Å². The van der Waals surface area contributed by atoms with Crippen molar-refractivity contribution in [2.75, 3.05) is 19.1 Å². The molecule has 0 aliphatic rings. The van der Waals surface area contributed by atoms with E-state index in [0.29, 0.717) is 12.6 Å². The summed E-state index contributed by atoms with van der Waals surface area (Å²) in [5.74, 6) is 0.765. The number of nitrogens with one attached hydrogen (secondary N) is 1. The largest absolute Gasteiger partial charge is 0.380 e. The zero-order valence-corrected chi connectivity index (χ0v) is 12.3. The van der Waals surface area contributed by atoms with Crippen molar-refractivity contribution in [1.82, 2.24) is 5.32 Å². The summed E-state index contributed by atoms with van der Waals surface area (Å²) in [6.07, 6.45) is 2.70. The third kappa shape index (κ3) is 6.28. The number of hydrogen-bond acceptors (Lipinski definition) is 3. The maximum Gasteiger partial charge on any atom is 0.0713 e. The molecule has 102 valence electrons. The summed E-state index contributed by atoms with van der Waals surface area (Å²) >= 11 is 0. The molecular formula is C14H23NO2S. The van der Waals surface area contributed by atoms with Gasteiger partial charge in [0.05, 0.1) is 6.61 Å². The minimum atomic E-state index is -0.694. The fourth-order valence-corrected chi connectivity index (χ4v) is 2.34. The molecule has 0 saturated carbocycles. The summed E-state index contributed by atoms with van der Waals surface area (Å²) in [6.45, 7) is 3.64. The van der Waals surface area contributed by atoms with E-state index in [1.165, 1.54) is 11.1 Å². The Bertz CT molecular complexity index is 365. The first-order valence-electron chi connectivity index (χ1n) is 6.22. The molecular weight excluding hydrogens is 246 g/mol. The fourth-order valence-electron chi connectivity index (χ4n) is 1.66. The van der Waals surface area contributed by atoms with Gasteiger partial charge in [-0.25, -0.2) is 0 Å². The molecule has 4 heteroatoms. The molecule has 1 aromatic rings. The molecule has 2 atom stereocenters. The van der Waals surface area contributed by atoms with Crippen LogP contribution in [0, 0.1) is 0 Å². The maximum absolute atomic E-state index is 11.0. The lowest BCUT2D eigenvalue weighted by Crippen LogP contribution is -2.26. The molecule has 18 heavy (non-hydrogen) atoms. The van der Waals surface area contributed by atoms with Crippen LogP contribution in [0.5, 0.6) is 0 Å². The number of rotatable bonds is 8. The molecule has 0 bridgehead atoms. The van der Waals surface area contributed by atoms with Gasteiger partial charge in [-0.1, -0.05) is 24.3 Å². The van der Waals surface area contributed by atoms with Crippen LogP contribution in [-0.2, 0) is 28.7 Å². The van der Waals surface area contributed by atoms with Gasteiger partial charge in [0.2, 0.25) is 0 Å². The molecule has 2 unspecified atom stereocenters. The summed E-state index contributed by atoms with van der Waals surface area (Å²) in [5.41, 5.74) is 2.45. The molecule has 0 fully saturated rings. The van der Waals surface area contributed by atoms with E-state index in [9.17, 15) is 4.21 Å². The molecule has 0 saturated heterocycles. The van der Waals surface area contributed by atoms with E-state index in [1.807, 2.05) is 0 Å². The SMILES string of the molecule is COCc1ccc(CNC(C)CCS(C)=O)cc1. The van der Waals surface area contributed by atoms with Gasteiger partial charge in [-0.05, 0) is 24.5 Å². The van der Waals surface area contributed by atoms with Gasteiger partial charge in [0, 0.05) is 42.5 Å². The van der Waals surface area contributed by atoms with E-state index in [2.05, 4.69) is 36.5 Å². The van der Waals surface area contributed by atoms with E-state index >= 15 is 0 Å². The molecule has 0 spiro atoms. The average molecular weight is 269 g/mol. The van der Waals surface area contributed by atoms with Gasteiger partial charge in [-0.15, -0.1) is 0 Å². The smallest absolute Gasteiger partial charge is 0.0713 e. The first kappa shape index (κ1) is 15.3. The Kier molecular flexibility index (Phi) is 7.16. The van der Waals surface area contributed by atoms with E-state index < -0.39 is 10.8 Å². The predicted octanol–water partition coefficient (Wildman–Crippen LogP) is 2.08. The molecule has 1 aromatic carbocycles.